The van der Waals surface area contributed by atoms with Crippen LogP contribution >= 0.6 is 12.4 Å². The summed E-state index contributed by atoms with van der Waals surface area (Å²) in [6.07, 6.45) is 0.0960. The van der Waals surface area contributed by atoms with Crippen LogP contribution in [0.25, 0.3) is 11.0 Å². The predicted octanol–water partition coefficient (Wildman–Crippen LogP) is 3.07. The van der Waals surface area contributed by atoms with E-state index in [0.29, 0.717) is 18.9 Å². The van der Waals surface area contributed by atoms with Gasteiger partial charge in [0.25, 0.3) is 5.91 Å². The number of amides is 1. The normalized spacial score (nSPS) is 10.8. The Labute approximate surface area is 143 Å². The van der Waals surface area contributed by atoms with Crippen LogP contribution < -0.4 is 5.32 Å². The second kappa shape index (κ2) is 8.91. The van der Waals surface area contributed by atoms with E-state index in [1.54, 1.807) is 11.9 Å². The minimum atomic E-state index is -0.117. The lowest BCUT2D eigenvalue weighted by atomic mass is 10.1. The third kappa shape index (κ3) is 4.70. The number of ether oxygens (including phenoxy) is 1. The Morgan fingerprint density at radius 2 is 2.04 bits per heavy atom. The average Bonchev–Trinajstić information content (AvgIpc) is 2.88. The standard InChI is InChI=1S/C17H24N2O3.ClH/c1-12(2)21-11-14-13-7-5-6-8-15(13)22-16(14)17(20)19(4)10-9-18-3;/h5-8,12,18H,9-11H2,1-4H3;1H. The van der Waals surface area contributed by atoms with E-state index in [-0.39, 0.29) is 24.4 Å². The molecule has 0 aliphatic carbocycles. The van der Waals surface area contributed by atoms with Gasteiger partial charge in [-0.1, -0.05) is 18.2 Å². The maximum Gasteiger partial charge on any atom is 0.289 e. The minimum absolute atomic E-state index is 0. The van der Waals surface area contributed by atoms with Crippen molar-refractivity contribution in [3.05, 3.63) is 35.6 Å². The molecule has 0 aliphatic rings. The van der Waals surface area contributed by atoms with E-state index in [1.807, 2.05) is 45.2 Å². The largest absolute Gasteiger partial charge is 0.451 e. The molecule has 1 heterocycles. The number of likely N-dealkylation sites (N-methyl/N-ethyl adjacent to an activating group) is 2. The Kier molecular flexibility index (Phi) is 7.55. The fourth-order valence-electron chi connectivity index (χ4n) is 2.22. The highest BCUT2D eigenvalue weighted by Gasteiger charge is 2.23. The molecular formula is C17H25ClN2O3. The summed E-state index contributed by atoms with van der Waals surface area (Å²) in [4.78, 5) is 14.3. The number of carbonyl (C=O) groups excluding carboxylic acids is 1. The van der Waals surface area contributed by atoms with Crippen molar-refractivity contribution in [3.63, 3.8) is 0 Å². The van der Waals surface area contributed by atoms with E-state index in [0.717, 1.165) is 23.1 Å². The first-order valence-corrected chi connectivity index (χ1v) is 7.56. The number of rotatable bonds is 7. The van der Waals surface area contributed by atoms with Crippen molar-refractivity contribution < 1.29 is 13.9 Å². The molecule has 0 bridgehead atoms. The molecule has 6 heteroatoms. The molecule has 0 saturated heterocycles. The van der Waals surface area contributed by atoms with Crippen LogP contribution in [-0.2, 0) is 11.3 Å². The first-order valence-electron chi connectivity index (χ1n) is 7.56. The molecule has 1 N–H and O–H groups in total. The predicted molar refractivity (Wildman–Crippen MR) is 94.3 cm³/mol. The van der Waals surface area contributed by atoms with Gasteiger partial charge in [0.15, 0.2) is 5.76 Å². The van der Waals surface area contributed by atoms with Crippen molar-refractivity contribution in [2.75, 3.05) is 27.2 Å². The summed E-state index contributed by atoms with van der Waals surface area (Å²) in [5.41, 5.74) is 1.54. The number of benzene rings is 1. The van der Waals surface area contributed by atoms with Crippen molar-refractivity contribution in [2.24, 2.45) is 0 Å². The number of halogens is 1. The Balaban J connectivity index is 0.00000264. The second-order valence-corrected chi connectivity index (χ2v) is 5.60. The maximum atomic E-state index is 12.6. The number of para-hydroxylation sites is 1. The van der Waals surface area contributed by atoms with Crippen LogP contribution in [0.3, 0.4) is 0 Å². The lowest BCUT2D eigenvalue weighted by molar-refractivity contribution is 0.0623. The maximum absolute atomic E-state index is 12.6. The van der Waals surface area contributed by atoms with Gasteiger partial charge in [-0.3, -0.25) is 4.79 Å². The summed E-state index contributed by atoms with van der Waals surface area (Å²) in [6.45, 7) is 5.68. The van der Waals surface area contributed by atoms with Gasteiger partial charge in [0, 0.05) is 31.1 Å². The molecule has 0 saturated carbocycles. The third-order valence-electron chi connectivity index (χ3n) is 3.50. The SMILES string of the molecule is CNCCN(C)C(=O)c1oc2ccccc2c1COC(C)C.Cl. The average molecular weight is 341 g/mol. The Morgan fingerprint density at radius 3 is 2.70 bits per heavy atom. The van der Waals surface area contributed by atoms with E-state index in [2.05, 4.69) is 5.32 Å². The summed E-state index contributed by atoms with van der Waals surface area (Å²) in [6, 6.07) is 7.68. The van der Waals surface area contributed by atoms with Crippen LogP contribution in [0.1, 0.15) is 30.0 Å². The highest BCUT2D eigenvalue weighted by Crippen LogP contribution is 2.27. The van der Waals surface area contributed by atoms with Crippen LogP contribution in [0.5, 0.6) is 0 Å². The molecule has 0 radical (unpaired) electrons. The van der Waals surface area contributed by atoms with Gasteiger partial charge in [-0.2, -0.15) is 0 Å². The van der Waals surface area contributed by atoms with Crippen LogP contribution in [0.15, 0.2) is 28.7 Å². The van der Waals surface area contributed by atoms with Gasteiger partial charge in [0.05, 0.1) is 12.7 Å². The number of hydrogen-bond acceptors (Lipinski definition) is 4. The van der Waals surface area contributed by atoms with Crippen molar-refractivity contribution in [1.82, 2.24) is 10.2 Å². The lowest BCUT2D eigenvalue weighted by Crippen LogP contribution is -2.33. The number of fused-ring (bicyclic) bond motifs is 1. The molecule has 128 valence electrons. The first-order chi connectivity index (χ1) is 10.5. The lowest BCUT2D eigenvalue weighted by Gasteiger charge is -2.16. The van der Waals surface area contributed by atoms with Gasteiger partial charge in [0.2, 0.25) is 0 Å². The molecule has 1 aromatic heterocycles. The number of nitrogens with zero attached hydrogens (tertiary/aromatic N) is 1. The zero-order chi connectivity index (χ0) is 16.1. The molecule has 0 unspecified atom stereocenters. The highest BCUT2D eigenvalue weighted by molar-refractivity contribution is 5.98. The van der Waals surface area contributed by atoms with Gasteiger partial charge in [-0.25, -0.2) is 0 Å². The fourth-order valence-corrected chi connectivity index (χ4v) is 2.22. The van der Waals surface area contributed by atoms with Gasteiger partial charge < -0.3 is 19.4 Å². The zero-order valence-corrected chi connectivity index (χ0v) is 14.9. The monoisotopic (exact) mass is 340 g/mol. The minimum Gasteiger partial charge on any atom is -0.451 e. The van der Waals surface area contributed by atoms with Crippen molar-refractivity contribution in [1.29, 1.82) is 0 Å². The van der Waals surface area contributed by atoms with Crippen LogP contribution in [0, 0.1) is 0 Å². The van der Waals surface area contributed by atoms with Gasteiger partial charge >= 0.3 is 0 Å². The molecule has 0 atom stereocenters. The van der Waals surface area contributed by atoms with Crippen LogP contribution in [0.4, 0.5) is 0 Å². The molecule has 1 aromatic carbocycles. The number of nitrogens with one attached hydrogen (secondary N) is 1. The smallest absolute Gasteiger partial charge is 0.289 e. The molecule has 5 nitrogen and oxygen atoms in total. The molecule has 0 fully saturated rings. The quantitative estimate of drug-likeness (QED) is 0.841. The summed E-state index contributed by atoms with van der Waals surface area (Å²) >= 11 is 0. The van der Waals surface area contributed by atoms with Gasteiger partial charge in [0.1, 0.15) is 5.58 Å². The molecule has 0 aliphatic heterocycles. The van der Waals surface area contributed by atoms with Crippen LogP contribution in [-0.4, -0.2) is 44.1 Å². The second-order valence-electron chi connectivity index (χ2n) is 5.60. The molecule has 2 rings (SSSR count). The molecule has 1 amide bonds. The topological polar surface area (TPSA) is 54.7 Å². The van der Waals surface area contributed by atoms with Gasteiger partial charge in [-0.15, -0.1) is 12.4 Å². The van der Waals surface area contributed by atoms with Crippen molar-refractivity contribution in [3.8, 4) is 0 Å². The zero-order valence-electron chi connectivity index (χ0n) is 14.1. The van der Waals surface area contributed by atoms with E-state index in [4.69, 9.17) is 9.15 Å². The Hall–Kier alpha value is -1.56. The van der Waals surface area contributed by atoms with Crippen molar-refractivity contribution in [2.45, 2.75) is 26.6 Å². The Bertz CT molecular complexity index is 640. The van der Waals surface area contributed by atoms with Gasteiger partial charge in [-0.05, 0) is 27.0 Å². The highest BCUT2D eigenvalue weighted by atomic mass is 35.5. The number of carbonyl (C=O) groups is 1. The molecular weight excluding hydrogens is 316 g/mol. The summed E-state index contributed by atoms with van der Waals surface area (Å²) < 4.78 is 11.5. The Morgan fingerprint density at radius 1 is 1.35 bits per heavy atom. The van der Waals surface area contributed by atoms with Crippen molar-refractivity contribution >= 4 is 29.3 Å². The number of furan rings is 1. The number of hydrogen-bond donors (Lipinski definition) is 1. The molecule has 23 heavy (non-hydrogen) atoms. The summed E-state index contributed by atoms with van der Waals surface area (Å²) in [7, 11) is 3.64. The van der Waals surface area contributed by atoms with E-state index < -0.39 is 0 Å². The van der Waals surface area contributed by atoms with E-state index >= 15 is 0 Å². The first kappa shape index (κ1) is 19.5. The summed E-state index contributed by atoms with van der Waals surface area (Å²) in [5.74, 6) is 0.259. The molecule has 0 spiro atoms. The molecule has 2 aromatic rings. The third-order valence-corrected chi connectivity index (χ3v) is 3.50. The fraction of sp³-hybridized carbons (Fsp3) is 0.471. The van der Waals surface area contributed by atoms with E-state index in [1.165, 1.54) is 0 Å². The van der Waals surface area contributed by atoms with E-state index in [9.17, 15) is 4.79 Å². The van der Waals surface area contributed by atoms with Crippen LogP contribution in [0.2, 0.25) is 0 Å². The summed E-state index contributed by atoms with van der Waals surface area (Å²) in [5, 5.41) is 3.98.